The Bertz CT molecular complexity index is 1490. The van der Waals surface area contributed by atoms with E-state index in [9.17, 15) is 44.7 Å². The van der Waals surface area contributed by atoms with Crippen molar-refractivity contribution in [3.63, 3.8) is 0 Å². The van der Waals surface area contributed by atoms with Crippen molar-refractivity contribution in [2.24, 2.45) is 5.92 Å². The molecule has 5 nitrogen and oxygen atoms in total. The first kappa shape index (κ1) is 32.0. The number of anilines is 2. The average Bonchev–Trinajstić information content (AvgIpc) is 3.72. The molecule has 0 bridgehead atoms. The minimum absolute atomic E-state index is 0.0475. The van der Waals surface area contributed by atoms with E-state index in [1.807, 2.05) is 0 Å². The molecule has 2 amide bonds. The van der Waals surface area contributed by atoms with Gasteiger partial charge in [-0.3, -0.25) is 9.59 Å². The fraction of sp³-hybridized carbons (Fsp3) is 0.269. The van der Waals surface area contributed by atoms with Gasteiger partial charge in [0, 0.05) is 26.3 Å². The molecule has 0 spiro atoms. The number of halogens is 11. The first-order valence-electron chi connectivity index (χ1n) is 11.8. The van der Waals surface area contributed by atoms with Crippen molar-refractivity contribution in [1.29, 1.82) is 0 Å². The molecule has 0 saturated heterocycles. The molecule has 3 aromatic rings. The van der Waals surface area contributed by atoms with Crippen molar-refractivity contribution < 1.29 is 49.1 Å². The zero-order chi connectivity index (χ0) is 31.2. The third-order valence-electron chi connectivity index (χ3n) is 6.33. The third kappa shape index (κ3) is 6.23. The molecule has 0 aliphatic heterocycles. The van der Waals surface area contributed by atoms with E-state index in [0.717, 1.165) is 42.1 Å². The highest BCUT2D eigenvalue weighted by Gasteiger charge is 2.73. The molecule has 42 heavy (non-hydrogen) atoms. The Hall–Kier alpha value is -2.89. The van der Waals surface area contributed by atoms with E-state index in [-0.39, 0.29) is 41.5 Å². The maximum absolute atomic E-state index is 15.7. The highest BCUT2D eigenvalue weighted by Crippen LogP contribution is 2.54. The van der Waals surface area contributed by atoms with Gasteiger partial charge in [-0.25, -0.2) is 13.8 Å². The van der Waals surface area contributed by atoms with Crippen LogP contribution in [-0.4, -0.2) is 35.7 Å². The summed E-state index contributed by atoms with van der Waals surface area (Å²) in [6, 6.07) is 6.13. The van der Waals surface area contributed by atoms with E-state index < -0.39 is 60.8 Å². The SMILES string of the molecule is O=C(Nc1c(Br)cc(C(F)(C(F)(F)F)C(F)(F)F)cc1I)c1cccc(N(CC2CC2)C(=O)c2ccc(F)nc2)c1F. The summed E-state index contributed by atoms with van der Waals surface area (Å²) >= 11 is 4.06. The second-order valence-electron chi connectivity index (χ2n) is 9.29. The van der Waals surface area contributed by atoms with E-state index in [2.05, 4.69) is 26.2 Å². The lowest BCUT2D eigenvalue weighted by molar-refractivity contribution is -0.348. The molecule has 0 unspecified atom stereocenters. The molecule has 224 valence electrons. The van der Waals surface area contributed by atoms with Crippen LogP contribution >= 0.6 is 38.5 Å². The molecular weight excluding hydrogens is 764 g/mol. The Morgan fingerprint density at radius 3 is 2.17 bits per heavy atom. The highest BCUT2D eigenvalue weighted by molar-refractivity contribution is 14.1. The fourth-order valence-corrected chi connectivity index (χ4v) is 5.66. The normalized spacial score (nSPS) is 14.1. The molecule has 1 aliphatic carbocycles. The Morgan fingerprint density at radius 2 is 1.64 bits per heavy atom. The molecule has 0 atom stereocenters. The van der Waals surface area contributed by atoms with Gasteiger partial charge in [0.05, 0.1) is 22.5 Å². The molecule has 2 aromatic carbocycles. The highest BCUT2D eigenvalue weighted by atomic mass is 127. The van der Waals surface area contributed by atoms with Crippen LogP contribution < -0.4 is 10.2 Å². The first-order valence-corrected chi connectivity index (χ1v) is 13.7. The molecule has 1 fully saturated rings. The van der Waals surface area contributed by atoms with Gasteiger partial charge >= 0.3 is 18.0 Å². The molecule has 16 heteroatoms. The van der Waals surface area contributed by atoms with Crippen LogP contribution in [0.2, 0.25) is 0 Å². The maximum atomic E-state index is 15.7. The van der Waals surface area contributed by atoms with Gasteiger partial charge in [-0.15, -0.1) is 0 Å². The summed E-state index contributed by atoms with van der Waals surface area (Å²) in [7, 11) is 0. The predicted molar refractivity (Wildman–Crippen MR) is 145 cm³/mol. The lowest BCUT2D eigenvalue weighted by Gasteiger charge is -2.31. The van der Waals surface area contributed by atoms with Crippen LogP contribution in [-0.2, 0) is 5.67 Å². The van der Waals surface area contributed by atoms with Crippen molar-refractivity contribution >= 4 is 61.7 Å². The van der Waals surface area contributed by atoms with Crippen molar-refractivity contribution in [2.75, 3.05) is 16.8 Å². The summed E-state index contributed by atoms with van der Waals surface area (Å²) in [5.74, 6) is -3.83. The van der Waals surface area contributed by atoms with Crippen LogP contribution in [0.5, 0.6) is 0 Å². The largest absolute Gasteiger partial charge is 0.435 e. The molecule has 1 N–H and O–H groups in total. The minimum Gasteiger partial charge on any atom is -0.320 e. The summed E-state index contributed by atoms with van der Waals surface area (Å²) in [5, 5.41) is 2.20. The van der Waals surface area contributed by atoms with Gasteiger partial charge in [-0.1, -0.05) is 6.07 Å². The Labute approximate surface area is 253 Å². The number of aromatic nitrogens is 1. The number of benzene rings is 2. The number of carbonyl (C=O) groups excluding carboxylic acids is 2. The van der Waals surface area contributed by atoms with Crippen molar-refractivity contribution in [3.05, 3.63) is 85.2 Å². The van der Waals surface area contributed by atoms with Gasteiger partial charge in [-0.2, -0.15) is 30.7 Å². The predicted octanol–water partition coefficient (Wildman–Crippen LogP) is 8.33. The summed E-state index contributed by atoms with van der Waals surface area (Å²) in [6.45, 7) is 0.0759. The van der Waals surface area contributed by atoms with E-state index >= 15 is 4.39 Å². The van der Waals surface area contributed by atoms with Crippen LogP contribution in [0.4, 0.5) is 50.9 Å². The van der Waals surface area contributed by atoms with Crippen LogP contribution in [0.25, 0.3) is 0 Å². The molecule has 1 aliphatic rings. The number of rotatable bonds is 7. The standard InChI is InChI=1S/C26H16BrF9IN3O2/c27-16-8-14(24(30,25(31,32)33)26(34,35)36)9-17(37)21(16)39-22(41)15-2-1-3-18(20(15)29)40(11-12-4-5-12)23(42)13-6-7-19(28)38-10-13/h1-3,6-10,12H,4-5,11H2,(H,39,41). The summed E-state index contributed by atoms with van der Waals surface area (Å²) in [4.78, 5) is 30.7. The number of alkyl halides is 7. The topological polar surface area (TPSA) is 62.3 Å². The first-order chi connectivity index (χ1) is 19.5. The van der Waals surface area contributed by atoms with Crippen LogP contribution in [0, 0.1) is 21.3 Å². The molecule has 1 aromatic heterocycles. The number of amides is 2. The average molecular weight is 780 g/mol. The maximum Gasteiger partial charge on any atom is 0.435 e. The van der Waals surface area contributed by atoms with E-state index in [1.54, 1.807) is 0 Å². The number of hydrogen-bond acceptors (Lipinski definition) is 3. The summed E-state index contributed by atoms with van der Waals surface area (Å²) in [5.41, 5.74) is -8.81. The monoisotopic (exact) mass is 779 g/mol. The lowest BCUT2D eigenvalue weighted by atomic mass is 9.94. The van der Waals surface area contributed by atoms with Crippen LogP contribution in [0.1, 0.15) is 39.1 Å². The number of nitrogens with zero attached hydrogens (tertiary/aromatic N) is 2. The summed E-state index contributed by atoms with van der Waals surface area (Å²) in [6.07, 6.45) is -10.2. The quantitative estimate of drug-likeness (QED) is 0.149. The van der Waals surface area contributed by atoms with Crippen LogP contribution in [0.3, 0.4) is 0 Å². The number of carbonyl (C=O) groups is 2. The van der Waals surface area contributed by atoms with Gasteiger partial charge in [0.1, 0.15) is 0 Å². The van der Waals surface area contributed by atoms with Gasteiger partial charge in [0.2, 0.25) is 5.95 Å². The van der Waals surface area contributed by atoms with Crippen molar-refractivity contribution in [1.82, 2.24) is 4.98 Å². The number of pyridine rings is 1. The van der Waals surface area contributed by atoms with E-state index in [1.165, 1.54) is 34.7 Å². The number of nitrogens with one attached hydrogen (secondary N) is 1. The van der Waals surface area contributed by atoms with Crippen LogP contribution in [0.15, 0.2) is 53.1 Å². The zero-order valence-corrected chi connectivity index (χ0v) is 24.4. The number of hydrogen-bond donors (Lipinski definition) is 1. The van der Waals surface area contributed by atoms with Gasteiger partial charge in [0.15, 0.2) is 5.82 Å². The molecule has 1 heterocycles. The molecule has 4 rings (SSSR count). The van der Waals surface area contributed by atoms with Crippen molar-refractivity contribution in [3.8, 4) is 0 Å². The summed E-state index contributed by atoms with van der Waals surface area (Å²) < 4.78 is 122. The second-order valence-corrected chi connectivity index (χ2v) is 11.3. The molecule has 1 saturated carbocycles. The van der Waals surface area contributed by atoms with Crippen molar-refractivity contribution in [2.45, 2.75) is 30.9 Å². The van der Waals surface area contributed by atoms with E-state index in [0.29, 0.717) is 0 Å². The van der Waals surface area contributed by atoms with Gasteiger partial charge < -0.3 is 10.2 Å². The smallest absolute Gasteiger partial charge is 0.320 e. The van der Waals surface area contributed by atoms with Gasteiger partial charge in [-0.05, 0) is 93.7 Å². The Kier molecular flexibility index (Phi) is 8.89. The second kappa shape index (κ2) is 11.7. The molecule has 0 radical (unpaired) electrons. The van der Waals surface area contributed by atoms with E-state index in [4.69, 9.17) is 0 Å². The minimum atomic E-state index is -6.35. The Balaban J connectivity index is 1.68. The third-order valence-corrected chi connectivity index (χ3v) is 7.81. The Morgan fingerprint density at radius 1 is 1.00 bits per heavy atom. The molecular formula is C26H16BrF9IN3O2. The van der Waals surface area contributed by atoms with Gasteiger partial charge in [0.25, 0.3) is 11.8 Å². The zero-order valence-electron chi connectivity index (χ0n) is 20.7. The lowest BCUT2D eigenvalue weighted by Crippen LogP contribution is -2.50. The fourth-order valence-electron chi connectivity index (χ4n) is 3.97.